The zero-order chi connectivity index (χ0) is 24.9. The van der Waals surface area contributed by atoms with E-state index in [0.717, 1.165) is 12.2 Å². The molecule has 0 aliphatic carbocycles. The molecule has 0 saturated carbocycles. The van der Waals surface area contributed by atoms with Gasteiger partial charge in [0.15, 0.2) is 10.8 Å². The van der Waals surface area contributed by atoms with Crippen LogP contribution in [0.5, 0.6) is 0 Å². The van der Waals surface area contributed by atoms with Crippen LogP contribution in [0.15, 0.2) is 78.6 Å². The number of hydrogen-bond donors (Lipinski definition) is 1. The Morgan fingerprint density at radius 3 is 1.85 bits per heavy atom. The molecule has 0 unspecified atom stereocenters. The number of nitrogens with zero attached hydrogens (tertiary/aromatic N) is 3. The Labute approximate surface area is 196 Å². The van der Waals surface area contributed by atoms with Crippen molar-refractivity contribution in [3.8, 4) is 0 Å². The second kappa shape index (κ2) is 10.1. The van der Waals surface area contributed by atoms with E-state index in [1.807, 2.05) is 0 Å². The van der Waals surface area contributed by atoms with Crippen LogP contribution < -0.4 is 5.56 Å². The van der Waals surface area contributed by atoms with E-state index >= 15 is 0 Å². The van der Waals surface area contributed by atoms with Gasteiger partial charge in [-0.15, -0.1) is 13.2 Å². The molecule has 2 aromatic heterocycles. The Morgan fingerprint density at radius 2 is 1.26 bits per heavy atom. The van der Waals surface area contributed by atoms with Crippen LogP contribution in [0.25, 0.3) is 22.1 Å². The highest BCUT2D eigenvalue weighted by Gasteiger charge is 2.36. The molecule has 2 aromatic carbocycles. The van der Waals surface area contributed by atoms with Crippen molar-refractivity contribution in [1.82, 2.24) is 19.9 Å². The van der Waals surface area contributed by atoms with E-state index in [1.165, 1.54) is 0 Å². The van der Waals surface area contributed by atoms with Gasteiger partial charge >= 0.3 is 0 Å². The van der Waals surface area contributed by atoms with E-state index < -0.39 is 41.6 Å². The van der Waals surface area contributed by atoms with Gasteiger partial charge in [-0.25, -0.2) is 15.0 Å². The van der Waals surface area contributed by atoms with Crippen molar-refractivity contribution in [2.45, 2.75) is 24.7 Å². The van der Waals surface area contributed by atoms with E-state index in [-0.39, 0.29) is 5.15 Å². The highest BCUT2D eigenvalue weighted by atomic mass is 35.5. The number of alkyl halides is 4. The number of benzene rings is 2. The summed E-state index contributed by atoms with van der Waals surface area (Å²) < 4.78 is 54.6. The lowest BCUT2D eigenvalue weighted by Gasteiger charge is -2.14. The number of rotatable bonds is 6. The van der Waals surface area contributed by atoms with Crippen molar-refractivity contribution >= 4 is 33.7 Å². The van der Waals surface area contributed by atoms with Gasteiger partial charge in [0.2, 0.25) is 0 Å². The first-order chi connectivity index (χ1) is 16.1. The third kappa shape index (κ3) is 5.48. The molecule has 0 saturated heterocycles. The summed E-state index contributed by atoms with van der Waals surface area (Å²) >= 11 is 5.74. The van der Waals surface area contributed by atoms with E-state index in [1.54, 1.807) is 48.5 Å². The first-order valence-electron chi connectivity index (χ1n) is 9.99. The quantitative estimate of drug-likeness (QED) is 0.246. The summed E-state index contributed by atoms with van der Waals surface area (Å²) in [5, 5.41) is -0.268. The van der Waals surface area contributed by atoms with Gasteiger partial charge in [0.05, 0.1) is 22.1 Å². The topological polar surface area (TPSA) is 71.5 Å². The minimum Gasteiger partial charge on any atom is -0.319 e. The highest BCUT2D eigenvalue weighted by Crippen LogP contribution is 2.35. The number of aromatic nitrogens is 4. The normalized spacial score (nSPS) is 11.7. The first kappa shape index (κ1) is 25.0. The maximum Gasteiger partial charge on any atom is 0.298 e. The van der Waals surface area contributed by atoms with Crippen molar-refractivity contribution in [2.75, 3.05) is 0 Å². The Balaban J connectivity index is 0.000000191. The molecule has 0 spiro atoms. The minimum atomic E-state index is -3.29. The Hall–Kier alpha value is -3.59. The summed E-state index contributed by atoms with van der Waals surface area (Å²) in [5.74, 6) is -6.44. The number of para-hydroxylation sites is 4. The molecule has 2 heterocycles. The third-order valence-electron chi connectivity index (χ3n) is 4.62. The molecule has 4 rings (SSSR count). The fraction of sp³-hybridized carbons (Fsp3) is 0.167. The zero-order valence-electron chi connectivity index (χ0n) is 17.7. The predicted molar refractivity (Wildman–Crippen MR) is 124 cm³/mol. The number of halogens is 5. The molecular weight excluding hydrogens is 472 g/mol. The van der Waals surface area contributed by atoms with Gasteiger partial charge in [0.25, 0.3) is 17.4 Å². The maximum atomic E-state index is 13.7. The average Bonchev–Trinajstić information content (AvgIpc) is 2.78. The van der Waals surface area contributed by atoms with Crippen LogP contribution in [-0.4, -0.2) is 19.9 Å². The third-order valence-corrected chi connectivity index (χ3v) is 4.89. The van der Waals surface area contributed by atoms with Crippen LogP contribution in [0, 0.1) is 0 Å². The molecule has 34 heavy (non-hydrogen) atoms. The molecular formula is C24H19ClF4N4O. The molecule has 0 fully saturated rings. The number of aromatic amines is 1. The van der Waals surface area contributed by atoms with Crippen LogP contribution >= 0.6 is 11.6 Å². The molecule has 1 N–H and O–H groups in total. The van der Waals surface area contributed by atoms with Crippen molar-refractivity contribution in [2.24, 2.45) is 0 Å². The lowest BCUT2D eigenvalue weighted by atomic mass is 10.1. The molecule has 176 valence electrons. The molecule has 0 atom stereocenters. The summed E-state index contributed by atoms with van der Waals surface area (Å²) in [6.45, 7) is 6.54. The number of allylic oxidation sites excluding steroid dienone is 2. The fourth-order valence-corrected chi connectivity index (χ4v) is 3.32. The monoisotopic (exact) mass is 490 g/mol. The van der Waals surface area contributed by atoms with Crippen molar-refractivity contribution in [1.29, 1.82) is 0 Å². The summed E-state index contributed by atoms with van der Waals surface area (Å²) in [6.07, 6.45) is 1.07. The number of hydrogen-bond acceptors (Lipinski definition) is 4. The largest absolute Gasteiger partial charge is 0.319 e. The van der Waals surface area contributed by atoms with Crippen molar-refractivity contribution < 1.29 is 17.6 Å². The summed E-state index contributed by atoms with van der Waals surface area (Å²) in [6, 6.07) is 13.3. The Morgan fingerprint density at radius 1 is 0.794 bits per heavy atom. The fourth-order valence-electron chi connectivity index (χ4n) is 3.04. The van der Waals surface area contributed by atoms with Crippen LogP contribution in [0.2, 0.25) is 5.15 Å². The highest BCUT2D eigenvalue weighted by molar-refractivity contribution is 6.30. The standard InChI is InChI=1S/C12H9ClF2N2.C12H10F2N2O/c1-2-7-12(14,15)10-11(13)17-9-6-4-3-5-8(9)16-10;1-2-7-12(13,14)10-11(17)16-9-6-4-3-5-8(9)15-10/h2-6H,1,7H2;2-6H,1,7H2,(H,16,17). The SMILES string of the molecule is C=CCC(F)(F)c1nc2ccccc2[nH]c1=O.C=CCC(F)(F)c1nc2ccccc2nc1Cl. The smallest absolute Gasteiger partial charge is 0.298 e. The molecule has 4 aromatic rings. The Kier molecular flexibility index (Phi) is 7.46. The lowest BCUT2D eigenvalue weighted by Crippen LogP contribution is -2.26. The van der Waals surface area contributed by atoms with Crippen LogP contribution in [-0.2, 0) is 11.8 Å². The van der Waals surface area contributed by atoms with Crippen molar-refractivity contribution in [3.05, 3.63) is 101 Å². The molecule has 5 nitrogen and oxygen atoms in total. The van der Waals surface area contributed by atoms with E-state index in [9.17, 15) is 22.4 Å². The molecule has 0 aliphatic rings. The average molecular weight is 491 g/mol. The van der Waals surface area contributed by atoms with E-state index in [4.69, 9.17) is 11.6 Å². The first-order valence-corrected chi connectivity index (χ1v) is 10.4. The van der Waals surface area contributed by atoms with Gasteiger partial charge in [0, 0.05) is 12.8 Å². The number of nitrogens with one attached hydrogen (secondary N) is 1. The maximum absolute atomic E-state index is 13.7. The number of H-pyrrole nitrogens is 1. The van der Waals surface area contributed by atoms with Crippen LogP contribution in [0.3, 0.4) is 0 Å². The zero-order valence-corrected chi connectivity index (χ0v) is 18.5. The number of fused-ring (bicyclic) bond motifs is 2. The Bertz CT molecular complexity index is 1400. The van der Waals surface area contributed by atoms with Gasteiger partial charge in [-0.3, -0.25) is 4.79 Å². The van der Waals surface area contributed by atoms with Gasteiger partial charge in [-0.2, -0.15) is 17.6 Å². The molecule has 0 amide bonds. The lowest BCUT2D eigenvalue weighted by molar-refractivity contribution is -0.00684. The van der Waals surface area contributed by atoms with E-state index in [0.29, 0.717) is 22.1 Å². The summed E-state index contributed by atoms with van der Waals surface area (Å²) in [5.41, 5.74) is -0.461. The molecule has 0 radical (unpaired) electrons. The molecule has 0 aliphatic heterocycles. The van der Waals surface area contributed by atoms with Gasteiger partial charge in [-0.1, -0.05) is 48.0 Å². The second-order valence-electron chi connectivity index (χ2n) is 7.18. The second-order valence-corrected chi connectivity index (χ2v) is 7.54. The van der Waals surface area contributed by atoms with Gasteiger partial charge in [-0.05, 0) is 24.3 Å². The molecule has 10 heteroatoms. The summed E-state index contributed by atoms with van der Waals surface area (Å²) in [7, 11) is 0. The van der Waals surface area contributed by atoms with Gasteiger partial charge in [0.1, 0.15) is 5.69 Å². The molecule has 0 bridgehead atoms. The van der Waals surface area contributed by atoms with Crippen LogP contribution in [0.4, 0.5) is 17.6 Å². The summed E-state index contributed by atoms with van der Waals surface area (Å²) in [4.78, 5) is 25.4. The van der Waals surface area contributed by atoms with Crippen LogP contribution in [0.1, 0.15) is 24.2 Å². The van der Waals surface area contributed by atoms with E-state index in [2.05, 4.69) is 33.1 Å². The predicted octanol–water partition coefficient (Wildman–Crippen LogP) is 6.54. The van der Waals surface area contributed by atoms with Gasteiger partial charge < -0.3 is 4.98 Å². The van der Waals surface area contributed by atoms with Crippen molar-refractivity contribution in [3.63, 3.8) is 0 Å². The minimum absolute atomic E-state index is 0.268.